The number of aryl methyl sites for hydroxylation is 2. The lowest BCUT2D eigenvalue weighted by Gasteiger charge is -2.19. The van der Waals surface area contributed by atoms with E-state index in [1.807, 2.05) is 69.4 Å². The third-order valence-electron chi connectivity index (χ3n) is 4.40. The average molecular weight is 364 g/mol. The molecule has 0 aliphatic carbocycles. The Morgan fingerprint density at radius 3 is 2.48 bits per heavy atom. The molecule has 0 aliphatic rings. The minimum absolute atomic E-state index is 0.0435. The number of para-hydroxylation sites is 1. The summed E-state index contributed by atoms with van der Waals surface area (Å²) in [7, 11) is 3.65. The second-order valence-electron chi connectivity index (χ2n) is 6.39. The maximum absolute atomic E-state index is 12.8. The van der Waals surface area contributed by atoms with Crippen LogP contribution in [0.3, 0.4) is 0 Å². The van der Waals surface area contributed by atoms with Crippen LogP contribution in [0.1, 0.15) is 28.7 Å². The molecule has 0 bridgehead atoms. The molecule has 0 atom stereocenters. The second-order valence-corrected chi connectivity index (χ2v) is 6.39. The number of rotatable bonds is 6. The van der Waals surface area contributed by atoms with E-state index in [1.165, 1.54) is 0 Å². The summed E-state index contributed by atoms with van der Waals surface area (Å²) in [6.07, 6.45) is 0. The first-order chi connectivity index (χ1) is 13.0. The lowest BCUT2D eigenvalue weighted by atomic mass is 10.1. The second kappa shape index (κ2) is 8.03. The zero-order valence-corrected chi connectivity index (χ0v) is 16.1. The average Bonchev–Trinajstić information content (AvgIpc) is 3.02. The zero-order chi connectivity index (χ0) is 19.4. The summed E-state index contributed by atoms with van der Waals surface area (Å²) in [4.78, 5) is 18.9. The van der Waals surface area contributed by atoms with Crippen LogP contribution >= 0.6 is 0 Å². The minimum atomic E-state index is -0.0435. The summed E-state index contributed by atoms with van der Waals surface area (Å²) < 4.78 is 7.38. The van der Waals surface area contributed by atoms with Crippen LogP contribution in [0.4, 0.5) is 0 Å². The van der Waals surface area contributed by atoms with E-state index in [2.05, 4.69) is 10.1 Å². The molecule has 140 valence electrons. The fraction of sp³-hybridized carbons (Fsp3) is 0.286. The number of aromatic nitrogens is 3. The van der Waals surface area contributed by atoms with Crippen molar-refractivity contribution in [3.05, 3.63) is 65.5 Å². The lowest BCUT2D eigenvalue weighted by Crippen LogP contribution is -2.26. The van der Waals surface area contributed by atoms with E-state index >= 15 is 0 Å². The van der Waals surface area contributed by atoms with Gasteiger partial charge in [0.25, 0.3) is 5.91 Å². The Balaban J connectivity index is 1.73. The normalized spacial score (nSPS) is 10.7. The van der Waals surface area contributed by atoms with Crippen LogP contribution < -0.4 is 4.74 Å². The maximum atomic E-state index is 12.8. The molecule has 1 aromatic heterocycles. The minimum Gasteiger partial charge on any atom is -0.494 e. The van der Waals surface area contributed by atoms with Gasteiger partial charge in [0.1, 0.15) is 11.6 Å². The molecule has 0 spiro atoms. The molecule has 1 heterocycles. The molecule has 3 rings (SSSR count). The number of benzene rings is 2. The van der Waals surface area contributed by atoms with Gasteiger partial charge in [0.15, 0.2) is 5.82 Å². The van der Waals surface area contributed by atoms with Gasteiger partial charge >= 0.3 is 0 Å². The van der Waals surface area contributed by atoms with Crippen LogP contribution in [0, 0.1) is 6.92 Å². The fourth-order valence-electron chi connectivity index (χ4n) is 2.83. The lowest BCUT2D eigenvalue weighted by molar-refractivity contribution is 0.0784. The van der Waals surface area contributed by atoms with Crippen molar-refractivity contribution in [1.29, 1.82) is 0 Å². The Kier molecular flexibility index (Phi) is 5.54. The van der Waals surface area contributed by atoms with Gasteiger partial charge < -0.3 is 9.64 Å². The monoisotopic (exact) mass is 364 g/mol. The summed E-state index contributed by atoms with van der Waals surface area (Å²) in [5.41, 5.74) is 2.50. The van der Waals surface area contributed by atoms with Gasteiger partial charge in [0.2, 0.25) is 0 Å². The van der Waals surface area contributed by atoms with Gasteiger partial charge in [-0.15, -0.1) is 0 Å². The summed E-state index contributed by atoms with van der Waals surface area (Å²) in [6.45, 7) is 4.93. The fourth-order valence-corrected chi connectivity index (χ4v) is 2.83. The molecule has 0 saturated heterocycles. The molecule has 0 N–H and O–H groups in total. The molecular weight excluding hydrogens is 340 g/mol. The Morgan fingerprint density at radius 1 is 1.15 bits per heavy atom. The maximum Gasteiger partial charge on any atom is 0.253 e. The topological polar surface area (TPSA) is 60.2 Å². The van der Waals surface area contributed by atoms with E-state index < -0.39 is 0 Å². The molecule has 3 aromatic rings. The molecule has 6 heteroatoms. The molecule has 0 unspecified atom stereocenters. The number of hydrogen-bond acceptors (Lipinski definition) is 4. The van der Waals surface area contributed by atoms with Gasteiger partial charge in [0.05, 0.1) is 6.61 Å². The van der Waals surface area contributed by atoms with Crippen molar-refractivity contribution in [2.45, 2.75) is 20.4 Å². The number of amides is 1. The Bertz CT molecular complexity index is 912. The van der Waals surface area contributed by atoms with Crippen molar-refractivity contribution in [2.24, 2.45) is 7.05 Å². The van der Waals surface area contributed by atoms with Gasteiger partial charge in [-0.05, 0) is 32.0 Å². The third kappa shape index (κ3) is 4.16. The van der Waals surface area contributed by atoms with E-state index in [0.717, 1.165) is 22.7 Å². The number of carbonyl (C=O) groups is 1. The highest BCUT2D eigenvalue weighted by atomic mass is 16.5. The van der Waals surface area contributed by atoms with Crippen LogP contribution in [0.15, 0.2) is 48.5 Å². The van der Waals surface area contributed by atoms with Crippen LogP contribution in [-0.2, 0) is 13.6 Å². The van der Waals surface area contributed by atoms with E-state index in [1.54, 1.807) is 16.6 Å². The highest BCUT2D eigenvalue weighted by Crippen LogP contribution is 2.21. The highest BCUT2D eigenvalue weighted by Gasteiger charge is 2.15. The van der Waals surface area contributed by atoms with Gasteiger partial charge in [0, 0.05) is 37.3 Å². The van der Waals surface area contributed by atoms with E-state index in [0.29, 0.717) is 24.5 Å². The SMILES string of the molecule is CCOc1ccccc1CN(C)C(=O)c1ccc(-c2nc(C)n(C)n2)cc1. The van der Waals surface area contributed by atoms with E-state index in [4.69, 9.17) is 4.74 Å². The van der Waals surface area contributed by atoms with Crippen LogP contribution in [-0.4, -0.2) is 39.2 Å². The molecule has 0 saturated carbocycles. The first kappa shape index (κ1) is 18.6. The number of carbonyl (C=O) groups excluding carboxylic acids is 1. The number of nitrogens with zero attached hydrogens (tertiary/aromatic N) is 4. The Morgan fingerprint density at radius 2 is 1.85 bits per heavy atom. The predicted molar refractivity (Wildman–Crippen MR) is 105 cm³/mol. The Labute approximate surface area is 159 Å². The summed E-state index contributed by atoms with van der Waals surface area (Å²) in [6, 6.07) is 15.2. The summed E-state index contributed by atoms with van der Waals surface area (Å²) in [5, 5.41) is 4.37. The molecule has 0 radical (unpaired) electrons. The van der Waals surface area contributed by atoms with Crippen LogP contribution in [0.25, 0.3) is 11.4 Å². The van der Waals surface area contributed by atoms with Crippen molar-refractivity contribution in [3.63, 3.8) is 0 Å². The first-order valence-electron chi connectivity index (χ1n) is 8.93. The van der Waals surface area contributed by atoms with Crippen molar-refractivity contribution in [3.8, 4) is 17.1 Å². The molecule has 0 aliphatic heterocycles. The predicted octanol–water partition coefficient (Wildman–Crippen LogP) is 3.46. The zero-order valence-electron chi connectivity index (χ0n) is 16.1. The molecule has 27 heavy (non-hydrogen) atoms. The van der Waals surface area contributed by atoms with Gasteiger partial charge in [-0.1, -0.05) is 30.3 Å². The largest absolute Gasteiger partial charge is 0.494 e. The Hall–Kier alpha value is -3.15. The van der Waals surface area contributed by atoms with Crippen LogP contribution in [0.2, 0.25) is 0 Å². The smallest absolute Gasteiger partial charge is 0.253 e. The number of hydrogen-bond donors (Lipinski definition) is 0. The van der Waals surface area contributed by atoms with Gasteiger partial charge in [-0.3, -0.25) is 9.48 Å². The molecular formula is C21H24N4O2. The summed E-state index contributed by atoms with van der Waals surface area (Å²) in [5.74, 6) is 2.27. The third-order valence-corrected chi connectivity index (χ3v) is 4.40. The highest BCUT2D eigenvalue weighted by molar-refractivity contribution is 5.94. The quantitative estimate of drug-likeness (QED) is 0.672. The van der Waals surface area contributed by atoms with Crippen molar-refractivity contribution >= 4 is 5.91 Å². The molecule has 0 fully saturated rings. The standard InChI is InChI=1S/C21H24N4O2/c1-5-27-19-9-7-6-8-18(19)14-24(3)21(26)17-12-10-16(11-13-17)20-22-15(2)25(4)23-20/h6-13H,5,14H2,1-4H3. The van der Waals surface area contributed by atoms with Crippen molar-refractivity contribution in [1.82, 2.24) is 19.7 Å². The summed E-state index contributed by atoms with van der Waals surface area (Å²) >= 11 is 0. The number of ether oxygens (including phenoxy) is 1. The van der Waals surface area contributed by atoms with Crippen LogP contribution in [0.5, 0.6) is 5.75 Å². The van der Waals surface area contributed by atoms with Gasteiger partial charge in [-0.2, -0.15) is 5.10 Å². The van der Waals surface area contributed by atoms with E-state index in [-0.39, 0.29) is 5.91 Å². The van der Waals surface area contributed by atoms with E-state index in [9.17, 15) is 4.79 Å². The van der Waals surface area contributed by atoms with Crippen molar-refractivity contribution < 1.29 is 9.53 Å². The molecule has 2 aromatic carbocycles. The first-order valence-corrected chi connectivity index (χ1v) is 8.93. The van der Waals surface area contributed by atoms with Crippen molar-refractivity contribution in [2.75, 3.05) is 13.7 Å². The molecule has 1 amide bonds. The van der Waals surface area contributed by atoms with Gasteiger partial charge in [-0.25, -0.2) is 4.98 Å². The molecule has 6 nitrogen and oxygen atoms in total.